The number of primary amides is 1. The molecule has 2 aromatic carbocycles. The van der Waals surface area contributed by atoms with Gasteiger partial charge in [-0.05, 0) is 42.7 Å². The Kier molecular flexibility index (Phi) is 6.13. The standard InChI is InChI=1S/C23H22N3O7S/c24-23(31)34(32,33)19-4-2-1-3-16(19)22(30)26-13-18(28)21-17(26)11-12-25(21)20(29)10-7-14-5-8-15(27)9-6-14/h1-6,8-10,17,21,27H,7,11-13H2,(H2,24,31). The number of phenols is 1. The molecule has 0 spiro atoms. The summed E-state index contributed by atoms with van der Waals surface area (Å²) in [5, 5.41) is 7.79. The third-order valence-electron chi connectivity index (χ3n) is 6.09. The van der Waals surface area contributed by atoms with Crippen LogP contribution in [0.4, 0.5) is 4.79 Å². The van der Waals surface area contributed by atoms with Crippen molar-refractivity contribution in [3.05, 3.63) is 66.1 Å². The molecule has 2 unspecified atom stereocenters. The molecule has 34 heavy (non-hydrogen) atoms. The summed E-state index contributed by atoms with van der Waals surface area (Å²) in [6.45, 7) is -0.0160. The Morgan fingerprint density at radius 1 is 1.06 bits per heavy atom. The van der Waals surface area contributed by atoms with Gasteiger partial charge >= 0.3 is 5.24 Å². The number of rotatable bonds is 5. The van der Waals surface area contributed by atoms with Gasteiger partial charge in [0.05, 0.1) is 29.5 Å². The van der Waals surface area contributed by atoms with E-state index in [2.05, 4.69) is 0 Å². The highest BCUT2D eigenvalue weighted by molar-refractivity contribution is 8.06. The van der Waals surface area contributed by atoms with E-state index in [1.165, 1.54) is 46.6 Å². The van der Waals surface area contributed by atoms with Crippen LogP contribution in [0.5, 0.6) is 5.75 Å². The summed E-state index contributed by atoms with van der Waals surface area (Å²) in [5.41, 5.74) is 5.55. The third-order valence-corrected chi connectivity index (χ3v) is 7.55. The topological polar surface area (TPSA) is 155 Å². The number of hydrogen-bond acceptors (Lipinski definition) is 7. The van der Waals surface area contributed by atoms with Crippen LogP contribution in [-0.4, -0.2) is 71.3 Å². The number of carbonyl (C=O) groups excluding carboxylic acids is 4. The summed E-state index contributed by atoms with van der Waals surface area (Å²) >= 11 is 0. The van der Waals surface area contributed by atoms with Crippen molar-refractivity contribution in [3.8, 4) is 5.75 Å². The molecule has 2 fully saturated rings. The molecule has 4 rings (SSSR count). The highest BCUT2D eigenvalue weighted by atomic mass is 32.2. The predicted molar refractivity (Wildman–Crippen MR) is 119 cm³/mol. The predicted octanol–water partition coefficient (Wildman–Crippen LogP) is 0.686. The lowest BCUT2D eigenvalue weighted by Gasteiger charge is -2.25. The number of aromatic hydroxyl groups is 1. The van der Waals surface area contributed by atoms with E-state index >= 15 is 0 Å². The van der Waals surface area contributed by atoms with Gasteiger partial charge < -0.3 is 20.6 Å². The largest absolute Gasteiger partial charge is 0.508 e. The lowest BCUT2D eigenvalue weighted by atomic mass is 10.1. The Morgan fingerprint density at radius 3 is 2.41 bits per heavy atom. The maximum atomic E-state index is 13.3. The zero-order chi connectivity index (χ0) is 24.6. The van der Waals surface area contributed by atoms with Crippen molar-refractivity contribution in [2.24, 2.45) is 5.73 Å². The van der Waals surface area contributed by atoms with Crippen molar-refractivity contribution in [2.75, 3.05) is 13.1 Å². The Balaban J connectivity index is 1.51. The van der Waals surface area contributed by atoms with Crippen molar-refractivity contribution in [3.63, 3.8) is 0 Å². The molecule has 3 N–H and O–H groups in total. The Bertz CT molecular complexity index is 1270. The molecule has 2 aliphatic heterocycles. The van der Waals surface area contributed by atoms with Crippen LogP contribution in [0.1, 0.15) is 22.3 Å². The van der Waals surface area contributed by atoms with Gasteiger partial charge in [-0.15, -0.1) is 0 Å². The van der Waals surface area contributed by atoms with E-state index in [1.807, 2.05) is 0 Å². The first-order chi connectivity index (χ1) is 16.1. The van der Waals surface area contributed by atoms with E-state index in [1.54, 1.807) is 12.1 Å². The Morgan fingerprint density at radius 2 is 1.74 bits per heavy atom. The van der Waals surface area contributed by atoms with E-state index in [4.69, 9.17) is 5.73 Å². The van der Waals surface area contributed by atoms with Gasteiger partial charge in [-0.2, -0.15) is 0 Å². The lowest BCUT2D eigenvalue weighted by molar-refractivity contribution is -0.133. The maximum absolute atomic E-state index is 13.3. The van der Waals surface area contributed by atoms with E-state index in [0.29, 0.717) is 12.8 Å². The average molecular weight is 485 g/mol. The third kappa shape index (κ3) is 4.14. The Hall–Kier alpha value is -3.73. The second-order valence-corrected chi connectivity index (χ2v) is 9.97. The normalized spacial score (nSPS) is 19.8. The van der Waals surface area contributed by atoms with Crippen LogP contribution in [0.25, 0.3) is 0 Å². The number of hydrogen-bond donors (Lipinski definition) is 2. The van der Waals surface area contributed by atoms with E-state index in [9.17, 15) is 32.7 Å². The number of nitrogens with two attached hydrogens (primary N) is 1. The first kappa shape index (κ1) is 23.4. The number of sulfone groups is 1. The van der Waals surface area contributed by atoms with Gasteiger partial charge in [-0.25, -0.2) is 8.42 Å². The zero-order valence-corrected chi connectivity index (χ0v) is 18.8. The van der Waals surface area contributed by atoms with Crippen molar-refractivity contribution >= 4 is 32.7 Å². The molecule has 11 heteroatoms. The minimum atomic E-state index is -4.56. The van der Waals surface area contributed by atoms with Crippen LogP contribution in [-0.2, 0) is 25.8 Å². The van der Waals surface area contributed by atoms with Crippen molar-refractivity contribution in [1.82, 2.24) is 9.80 Å². The van der Waals surface area contributed by atoms with Crippen LogP contribution >= 0.6 is 0 Å². The summed E-state index contributed by atoms with van der Waals surface area (Å²) in [5.74, 6) is -1.27. The van der Waals surface area contributed by atoms with Gasteiger partial charge in [0.1, 0.15) is 11.8 Å². The van der Waals surface area contributed by atoms with Crippen LogP contribution in [0.2, 0.25) is 0 Å². The van der Waals surface area contributed by atoms with Gasteiger partial charge in [-0.3, -0.25) is 19.2 Å². The second kappa shape index (κ2) is 8.90. The smallest absolute Gasteiger partial charge is 0.338 e. The molecule has 0 aliphatic carbocycles. The summed E-state index contributed by atoms with van der Waals surface area (Å²) in [4.78, 5) is 52.5. The SMILES string of the molecule is NC(=O)S(=O)(=O)c1ccccc1C(=O)N1CC(=O)C2C1CCN2C(=O)[CH]Cc1ccc(O)cc1. The van der Waals surface area contributed by atoms with Crippen molar-refractivity contribution < 1.29 is 32.7 Å². The van der Waals surface area contributed by atoms with Gasteiger partial charge in [0.25, 0.3) is 15.7 Å². The molecule has 3 amide bonds. The number of ketones is 1. The highest BCUT2D eigenvalue weighted by Gasteiger charge is 2.51. The number of phenolic OH excluding ortho intramolecular Hbond substituents is 1. The number of Topliss-reactive ketones (excluding diaryl/α,β-unsaturated/α-hetero) is 1. The molecule has 1 radical (unpaired) electrons. The molecule has 2 saturated heterocycles. The van der Waals surface area contributed by atoms with Gasteiger partial charge in [-0.1, -0.05) is 24.3 Å². The second-order valence-electron chi connectivity index (χ2n) is 8.13. The summed E-state index contributed by atoms with van der Waals surface area (Å²) < 4.78 is 24.7. The molecule has 0 aromatic heterocycles. The molecule has 2 heterocycles. The van der Waals surface area contributed by atoms with Crippen LogP contribution in [0.3, 0.4) is 0 Å². The average Bonchev–Trinajstić information content (AvgIpc) is 3.39. The molecule has 0 bridgehead atoms. The molecule has 2 atom stereocenters. The fraction of sp³-hybridized carbons (Fsp3) is 0.261. The fourth-order valence-electron chi connectivity index (χ4n) is 4.43. The van der Waals surface area contributed by atoms with E-state index in [0.717, 1.165) is 11.6 Å². The quantitative estimate of drug-likeness (QED) is 0.632. The summed E-state index contributed by atoms with van der Waals surface area (Å²) in [6, 6.07) is 10.2. The van der Waals surface area contributed by atoms with Gasteiger partial charge in [0.15, 0.2) is 5.78 Å². The van der Waals surface area contributed by atoms with Crippen molar-refractivity contribution in [1.29, 1.82) is 0 Å². The molecule has 177 valence electrons. The zero-order valence-electron chi connectivity index (χ0n) is 18.0. The minimum absolute atomic E-state index is 0.115. The Labute approximate surface area is 195 Å². The summed E-state index contributed by atoms with van der Waals surface area (Å²) in [7, 11) is -4.56. The maximum Gasteiger partial charge on any atom is 0.338 e. The number of nitrogens with zero attached hydrogens (tertiary/aromatic N) is 2. The number of amides is 3. The lowest BCUT2D eigenvalue weighted by Crippen LogP contribution is -2.44. The fourth-order valence-corrected chi connectivity index (χ4v) is 5.35. The molecule has 10 nitrogen and oxygen atoms in total. The molecular formula is C23H22N3O7S. The molecule has 2 aromatic rings. The first-order valence-corrected chi connectivity index (χ1v) is 12.0. The molecule has 2 aliphatic rings. The number of likely N-dealkylation sites (tertiary alicyclic amines) is 2. The monoisotopic (exact) mass is 484 g/mol. The van der Waals surface area contributed by atoms with Gasteiger partial charge in [0.2, 0.25) is 5.91 Å². The number of benzene rings is 2. The highest BCUT2D eigenvalue weighted by Crippen LogP contribution is 2.32. The van der Waals surface area contributed by atoms with E-state index < -0.39 is 38.0 Å². The van der Waals surface area contributed by atoms with Crippen LogP contribution in [0, 0.1) is 6.42 Å². The van der Waals surface area contributed by atoms with Crippen LogP contribution in [0.15, 0.2) is 53.4 Å². The van der Waals surface area contributed by atoms with Crippen LogP contribution < -0.4 is 5.73 Å². The van der Waals surface area contributed by atoms with Gasteiger partial charge in [0, 0.05) is 6.54 Å². The van der Waals surface area contributed by atoms with Crippen molar-refractivity contribution in [2.45, 2.75) is 29.8 Å². The summed E-state index contributed by atoms with van der Waals surface area (Å²) in [6.07, 6.45) is 2.11. The van der Waals surface area contributed by atoms with E-state index in [-0.39, 0.29) is 36.1 Å². The first-order valence-electron chi connectivity index (χ1n) is 10.5. The minimum Gasteiger partial charge on any atom is -0.508 e. The molecule has 0 saturated carbocycles. The number of carbonyl (C=O) groups is 4. The number of fused-ring (bicyclic) bond motifs is 1. The molecular weight excluding hydrogens is 462 g/mol.